The number of phenols is 1. The van der Waals surface area contributed by atoms with Crippen molar-refractivity contribution in [3.63, 3.8) is 0 Å². The Hall–Kier alpha value is -3.08. The lowest BCUT2D eigenvalue weighted by Gasteiger charge is -2.32. The summed E-state index contributed by atoms with van der Waals surface area (Å²) in [6.45, 7) is 1.27. The number of para-hydroxylation sites is 2. The Labute approximate surface area is 151 Å². The molecule has 1 saturated heterocycles. The van der Waals surface area contributed by atoms with Gasteiger partial charge in [-0.15, -0.1) is 0 Å². The van der Waals surface area contributed by atoms with Gasteiger partial charge in [-0.05, 0) is 24.3 Å². The molecule has 2 heterocycles. The average Bonchev–Trinajstić information content (AvgIpc) is 2.69. The number of carbonyl (C=O) groups is 1. The zero-order valence-corrected chi connectivity index (χ0v) is 14.3. The van der Waals surface area contributed by atoms with Crippen molar-refractivity contribution >= 4 is 16.8 Å². The molecule has 26 heavy (non-hydrogen) atoms. The molecule has 1 amide bonds. The molecule has 0 radical (unpaired) electrons. The maximum atomic E-state index is 12.8. The summed E-state index contributed by atoms with van der Waals surface area (Å²) in [5.41, 5.74) is 0.821. The summed E-state index contributed by atoms with van der Waals surface area (Å²) in [5, 5.41) is 10.8. The first kappa shape index (κ1) is 16.4. The minimum absolute atomic E-state index is 0.0899. The summed E-state index contributed by atoms with van der Waals surface area (Å²) in [6, 6.07) is 18.5. The van der Waals surface area contributed by atoms with Crippen molar-refractivity contribution in [1.82, 2.24) is 9.88 Å². The Bertz CT molecular complexity index is 919. The number of phenolic OH excluding ortho intramolecular Hbond substituents is 1. The number of ether oxygens (including phenoxy) is 1. The van der Waals surface area contributed by atoms with E-state index in [-0.39, 0.29) is 17.8 Å². The van der Waals surface area contributed by atoms with E-state index in [0.29, 0.717) is 24.3 Å². The SMILES string of the molecule is O=C(c1ccc2cccc(O)c2n1)N1CCC(Oc2ccccc2)CC1. The molecular formula is C21H20N2O3. The monoisotopic (exact) mass is 348 g/mol. The minimum atomic E-state index is -0.103. The van der Waals surface area contributed by atoms with Gasteiger partial charge in [0.25, 0.3) is 5.91 Å². The van der Waals surface area contributed by atoms with Crippen molar-refractivity contribution < 1.29 is 14.6 Å². The Morgan fingerprint density at radius 1 is 1.00 bits per heavy atom. The number of likely N-dealkylation sites (tertiary alicyclic amines) is 1. The van der Waals surface area contributed by atoms with E-state index in [2.05, 4.69) is 4.98 Å². The number of hydrogen-bond donors (Lipinski definition) is 1. The Balaban J connectivity index is 1.43. The van der Waals surface area contributed by atoms with Gasteiger partial charge in [-0.1, -0.05) is 36.4 Å². The maximum Gasteiger partial charge on any atom is 0.272 e. The first-order chi connectivity index (χ1) is 12.7. The van der Waals surface area contributed by atoms with Crippen LogP contribution in [0.25, 0.3) is 10.9 Å². The molecule has 5 heteroatoms. The van der Waals surface area contributed by atoms with Crippen molar-refractivity contribution in [2.75, 3.05) is 13.1 Å². The second kappa shape index (κ2) is 7.04. The van der Waals surface area contributed by atoms with Gasteiger partial charge in [0.1, 0.15) is 28.8 Å². The molecule has 0 spiro atoms. The van der Waals surface area contributed by atoms with Crippen LogP contribution < -0.4 is 4.74 Å². The van der Waals surface area contributed by atoms with Crippen molar-refractivity contribution in [3.05, 3.63) is 66.4 Å². The van der Waals surface area contributed by atoms with Crippen molar-refractivity contribution in [2.45, 2.75) is 18.9 Å². The third kappa shape index (κ3) is 3.33. The zero-order chi connectivity index (χ0) is 17.9. The molecule has 0 saturated carbocycles. The van der Waals surface area contributed by atoms with Crippen molar-refractivity contribution in [1.29, 1.82) is 0 Å². The number of hydrogen-bond acceptors (Lipinski definition) is 4. The quantitative estimate of drug-likeness (QED) is 0.785. The molecule has 0 bridgehead atoms. The number of nitrogens with zero attached hydrogens (tertiary/aromatic N) is 2. The molecule has 3 aromatic rings. The summed E-state index contributed by atoms with van der Waals surface area (Å²) in [6.07, 6.45) is 1.70. The van der Waals surface area contributed by atoms with Crippen LogP contribution in [0.4, 0.5) is 0 Å². The number of aromatic nitrogens is 1. The first-order valence-corrected chi connectivity index (χ1v) is 8.80. The van der Waals surface area contributed by atoms with Crippen molar-refractivity contribution in [3.8, 4) is 11.5 Å². The molecule has 0 unspecified atom stereocenters. The predicted molar refractivity (Wildman–Crippen MR) is 99.4 cm³/mol. The highest BCUT2D eigenvalue weighted by atomic mass is 16.5. The largest absolute Gasteiger partial charge is 0.506 e. The highest BCUT2D eigenvalue weighted by Crippen LogP contribution is 2.24. The van der Waals surface area contributed by atoms with Crippen molar-refractivity contribution in [2.24, 2.45) is 0 Å². The van der Waals surface area contributed by atoms with Crippen LogP contribution in [-0.2, 0) is 0 Å². The third-order valence-electron chi connectivity index (χ3n) is 4.69. The van der Waals surface area contributed by atoms with Gasteiger partial charge in [0.05, 0.1) is 0 Å². The van der Waals surface area contributed by atoms with Crippen LogP contribution in [0.2, 0.25) is 0 Å². The lowest BCUT2D eigenvalue weighted by atomic mass is 10.1. The Kier molecular flexibility index (Phi) is 4.44. The van der Waals surface area contributed by atoms with E-state index < -0.39 is 0 Å². The zero-order valence-electron chi connectivity index (χ0n) is 14.3. The topological polar surface area (TPSA) is 62.7 Å². The van der Waals surface area contributed by atoms with Crippen LogP contribution in [0.1, 0.15) is 23.3 Å². The maximum absolute atomic E-state index is 12.8. The van der Waals surface area contributed by atoms with Crippen LogP contribution in [0.3, 0.4) is 0 Å². The minimum Gasteiger partial charge on any atom is -0.506 e. The van der Waals surface area contributed by atoms with Gasteiger partial charge in [-0.25, -0.2) is 4.98 Å². The Morgan fingerprint density at radius 2 is 1.77 bits per heavy atom. The number of fused-ring (bicyclic) bond motifs is 1. The summed E-state index contributed by atoms with van der Waals surface area (Å²) in [7, 11) is 0. The van der Waals surface area contributed by atoms with Crippen LogP contribution in [0.5, 0.6) is 11.5 Å². The number of rotatable bonds is 3. The molecule has 0 atom stereocenters. The van der Waals surface area contributed by atoms with E-state index in [4.69, 9.17) is 4.74 Å². The number of aromatic hydroxyl groups is 1. The standard InChI is InChI=1S/C21H20N2O3/c24-19-8-4-5-15-9-10-18(22-20(15)19)21(25)23-13-11-17(12-14-23)26-16-6-2-1-3-7-16/h1-10,17,24H,11-14H2. The van der Waals surface area contributed by atoms with Gasteiger partial charge >= 0.3 is 0 Å². The van der Waals surface area contributed by atoms with E-state index in [9.17, 15) is 9.90 Å². The number of carbonyl (C=O) groups excluding carboxylic acids is 1. The molecule has 1 N–H and O–H groups in total. The van der Waals surface area contributed by atoms with Gasteiger partial charge in [0.2, 0.25) is 0 Å². The molecule has 1 fully saturated rings. The summed E-state index contributed by atoms with van der Waals surface area (Å²) < 4.78 is 5.98. The Morgan fingerprint density at radius 3 is 2.54 bits per heavy atom. The summed E-state index contributed by atoms with van der Waals surface area (Å²) in [4.78, 5) is 18.9. The van der Waals surface area contributed by atoms with Crippen LogP contribution >= 0.6 is 0 Å². The molecule has 5 nitrogen and oxygen atoms in total. The van der Waals surface area contributed by atoms with Gasteiger partial charge in [0.15, 0.2) is 0 Å². The molecule has 1 aromatic heterocycles. The molecule has 1 aliphatic rings. The highest BCUT2D eigenvalue weighted by Gasteiger charge is 2.25. The van der Waals surface area contributed by atoms with Gasteiger partial charge < -0.3 is 14.7 Å². The van der Waals surface area contributed by atoms with E-state index in [1.54, 1.807) is 23.1 Å². The third-order valence-corrected chi connectivity index (χ3v) is 4.69. The van der Waals surface area contributed by atoms with E-state index in [0.717, 1.165) is 24.0 Å². The number of pyridine rings is 1. The molecule has 0 aliphatic carbocycles. The summed E-state index contributed by atoms with van der Waals surface area (Å²) >= 11 is 0. The molecule has 132 valence electrons. The van der Waals surface area contributed by atoms with E-state index in [1.165, 1.54) is 0 Å². The predicted octanol–water partition coefficient (Wildman–Crippen LogP) is 3.62. The first-order valence-electron chi connectivity index (χ1n) is 8.80. The lowest BCUT2D eigenvalue weighted by Crippen LogP contribution is -2.42. The van der Waals surface area contributed by atoms with Crippen LogP contribution in [0, 0.1) is 0 Å². The fourth-order valence-corrected chi connectivity index (χ4v) is 3.28. The smallest absolute Gasteiger partial charge is 0.272 e. The fraction of sp³-hybridized carbons (Fsp3) is 0.238. The van der Waals surface area contributed by atoms with E-state index in [1.807, 2.05) is 42.5 Å². The molecule has 2 aromatic carbocycles. The second-order valence-electron chi connectivity index (χ2n) is 6.47. The summed E-state index contributed by atoms with van der Waals surface area (Å²) in [5.74, 6) is 0.851. The average molecular weight is 348 g/mol. The molecular weight excluding hydrogens is 328 g/mol. The number of piperidine rings is 1. The number of benzene rings is 2. The molecule has 4 rings (SSSR count). The van der Waals surface area contributed by atoms with Crippen LogP contribution in [0.15, 0.2) is 60.7 Å². The lowest BCUT2D eigenvalue weighted by molar-refractivity contribution is 0.0590. The normalized spacial score (nSPS) is 15.2. The fourth-order valence-electron chi connectivity index (χ4n) is 3.28. The van der Waals surface area contributed by atoms with Crippen LogP contribution in [-0.4, -0.2) is 40.1 Å². The second-order valence-corrected chi connectivity index (χ2v) is 6.47. The highest BCUT2D eigenvalue weighted by molar-refractivity contribution is 5.96. The van der Waals surface area contributed by atoms with Gasteiger partial charge in [-0.2, -0.15) is 0 Å². The molecule has 1 aliphatic heterocycles. The van der Waals surface area contributed by atoms with E-state index >= 15 is 0 Å². The number of amides is 1. The van der Waals surface area contributed by atoms with Gasteiger partial charge in [0, 0.05) is 31.3 Å². The van der Waals surface area contributed by atoms with Gasteiger partial charge in [-0.3, -0.25) is 4.79 Å².